The van der Waals surface area contributed by atoms with E-state index >= 15 is 0 Å². The topological polar surface area (TPSA) is 47.8 Å². The first kappa shape index (κ1) is 16.3. The lowest BCUT2D eigenvalue weighted by Gasteiger charge is -2.14. The van der Waals surface area contributed by atoms with E-state index in [1.807, 2.05) is 49.4 Å². The summed E-state index contributed by atoms with van der Waals surface area (Å²) < 4.78 is 0. The fourth-order valence-electron chi connectivity index (χ4n) is 2.14. The third-order valence-electron chi connectivity index (χ3n) is 3.17. The Morgan fingerprint density at radius 2 is 2.00 bits per heavy atom. The van der Waals surface area contributed by atoms with Crippen LogP contribution in [0.2, 0.25) is 5.02 Å². The lowest BCUT2D eigenvalue weighted by Crippen LogP contribution is -2.27. The Labute approximate surface area is 140 Å². The van der Waals surface area contributed by atoms with Crippen LogP contribution in [0.4, 0.5) is 5.69 Å². The number of rotatable bonds is 4. The van der Waals surface area contributed by atoms with Crippen molar-refractivity contribution < 1.29 is 0 Å². The summed E-state index contributed by atoms with van der Waals surface area (Å²) in [7, 11) is 0. The molecule has 0 aliphatic heterocycles. The van der Waals surface area contributed by atoms with Gasteiger partial charge in [0.1, 0.15) is 0 Å². The smallest absolute Gasteiger partial charge is 0.170 e. The maximum Gasteiger partial charge on any atom is 0.170 e. The van der Waals surface area contributed by atoms with Crippen LogP contribution in [0.25, 0.3) is 0 Å². The van der Waals surface area contributed by atoms with Crippen LogP contribution in [0, 0.1) is 11.3 Å². The Balaban J connectivity index is 2.26. The van der Waals surface area contributed by atoms with Gasteiger partial charge in [-0.05, 0) is 42.4 Å². The first-order chi connectivity index (χ1) is 10.7. The third-order valence-corrected chi connectivity index (χ3v) is 3.74. The van der Waals surface area contributed by atoms with Crippen LogP contribution < -0.4 is 10.6 Å². The van der Waals surface area contributed by atoms with Crippen molar-refractivity contribution in [3.05, 3.63) is 64.7 Å². The average molecular weight is 330 g/mol. The third kappa shape index (κ3) is 3.97. The monoisotopic (exact) mass is 329 g/mol. The zero-order valence-corrected chi connectivity index (χ0v) is 13.7. The van der Waals surface area contributed by atoms with E-state index in [1.165, 1.54) is 0 Å². The molecule has 22 heavy (non-hydrogen) atoms. The fraction of sp³-hybridized carbons (Fsp3) is 0.176. The van der Waals surface area contributed by atoms with Gasteiger partial charge in [0.05, 0.1) is 12.0 Å². The van der Waals surface area contributed by atoms with Crippen molar-refractivity contribution in [1.29, 1.82) is 5.26 Å². The molecule has 0 radical (unpaired) electrons. The molecule has 0 fully saturated rings. The number of nitriles is 1. The van der Waals surface area contributed by atoms with Crippen LogP contribution in [0.3, 0.4) is 0 Å². The van der Waals surface area contributed by atoms with Crippen molar-refractivity contribution in [3.63, 3.8) is 0 Å². The molecule has 0 amide bonds. The Morgan fingerprint density at radius 1 is 1.27 bits per heavy atom. The molecule has 2 N–H and O–H groups in total. The van der Waals surface area contributed by atoms with E-state index in [9.17, 15) is 5.26 Å². The summed E-state index contributed by atoms with van der Waals surface area (Å²) in [5, 5.41) is 16.6. The molecule has 1 atom stereocenters. The molecule has 0 aliphatic rings. The first-order valence-electron chi connectivity index (χ1n) is 6.94. The minimum absolute atomic E-state index is 0.386. The van der Waals surface area contributed by atoms with Crippen LogP contribution in [-0.2, 0) is 0 Å². The molecule has 0 unspecified atom stereocenters. The first-order valence-corrected chi connectivity index (χ1v) is 7.73. The molecule has 0 spiro atoms. The van der Waals surface area contributed by atoms with Crippen LogP contribution in [0.1, 0.15) is 24.0 Å². The van der Waals surface area contributed by atoms with E-state index in [2.05, 4.69) is 16.7 Å². The highest BCUT2D eigenvalue weighted by Crippen LogP contribution is 2.31. The molecule has 0 saturated carbocycles. The Hall–Kier alpha value is -2.09. The normalized spacial score (nSPS) is 11.3. The second-order valence-corrected chi connectivity index (χ2v) is 5.51. The van der Waals surface area contributed by atoms with E-state index in [0.29, 0.717) is 10.1 Å². The minimum Gasteiger partial charge on any atom is -0.363 e. The Morgan fingerprint density at radius 3 is 2.59 bits per heavy atom. The van der Waals surface area contributed by atoms with Gasteiger partial charge in [0.25, 0.3) is 0 Å². The van der Waals surface area contributed by atoms with Crippen molar-refractivity contribution in [1.82, 2.24) is 5.32 Å². The number of thiocarbonyl (C=S) groups is 1. The number of benzene rings is 2. The average Bonchev–Trinajstić information content (AvgIpc) is 2.51. The summed E-state index contributed by atoms with van der Waals surface area (Å²) in [5.74, 6) is -0.386. The number of anilines is 1. The molecular formula is C17H16ClN3S. The predicted molar refractivity (Wildman–Crippen MR) is 95.2 cm³/mol. The van der Waals surface area contributed by atoms with Gasteiger partial charge >= 0.3 is 0 Å². The lowest BCUT2D eigenvalue weighted by molar-refractivity contribution is 0.979. The van der Waals surface area contributed by atoms with Gasteiger partial charge in [-0.3, -0.25) is 0 Å². The summed E-state index contributed by atoms with van der Waals surface area (Å²) in [6.45, 7) is 2.73. The zero-order valence-electron chi connectivity index (χ0n) is 12.1. The van der Waals surface area contributed by atoms with Crippen LogP contribution >= 0.6 is 23.8 Å². The van der Waals surface area contributed by atoms with Crippen LogP contribution in [0.5, 0.6) is 0 Å². The van der Waals surface area contributed by atoms with Gasteiger partial charge in [0, 0.05) is 17.3 Å². The maximum atomic E-state index is 9.49. The number of halogens is 1. The highest BCUT2D eigenvalue weighted by molar-refractivity contribution is 7.80. The number of nitrogens with zero attached hydrogens (tertiary/aromatic N) is 1. The maximum absolute atomic E-state index is 9.49. The van der Waals surface area contributed by atoms with Gasteiger partial charge in [-0.2, -0.15) is 5.26 Å². The van der Waals surface area contributed by atoms with Gasteiger partial charge < -0.3 is 10.6 Å². The van der Waals surface area contributed by atoms with Gasteiger partial charge in [-0.15, -0.1) is 0 Å². The quantitative estimate of drug-likeness (QED) is 0.821. The SMILES string of the molecule is CCNC(=S)Nc1ccc([C@@H](C#N)c2ccccc2)c(Cl)c1. The molecule has 0 aromatic heterocycles. The summed E-state index contributed by atoms with van der Waals surface area (Å²) in [6, 6.07) is 17.4. The highest BCUT2D eigenvalue weighted by atomic mass is 35.5. The summed E-state index contributed by atoms with van der Waals surface area (Å²) in [4.78, 5) is 0. The zero-order chi connectivity index (χ0) is 15.9. The van der Waals surface area contributed by atoms with Crippen LogP contribution in [0.15, 0.2) is 48.5 Å². The molecule has 2 rings (SSSR count). The summed E-state index contributed by atoms with van der Waals surface area (Å²) in [5.41, 5.74) is 2.51. The molecule has 0 heterocycles. The van der Waals surface area contributed by atoms with Crippen molar-refractivity contribution in [2.24, 2.45) is 0 Å². The molecular weight excluding hydrogens is 314 g/mol. The lowest BCUT2D eigenvalue weighted by atomic mass is 9.92. The standard InChI is InChI=1S/C17H16ClN3S/c1-2-20-17(22)21-13-8-9-14(16(18)10-13)15(11-19)12-6-4-3-5-7-12/h3-10,15H,2H2,1H3,(H2,20,21,22)/t15-/m0/s1. The van der Waals surface area contributed by atoms with Crippen molar-refractivity contribution >= 4 is 34.6 Å². The van der Waals surface area contributed by atoms with E-state index in [4.69, 9.17) is 23.8 Å². The molecule has 2 aromatic rings. The van der Waals surface area contributed by atoms with Gasteiger partial charge in [-0.1, -0.05) is 48.0 Å². The summed E-state index contributed by atoms with van der Waals surface area (Å²) >= 11 is 11.5. The van der Waals surface area contributed by atoms with Gasteiger partial charge in [0.2, 0.25) is 0 Å². The fourth-order valence-corrected chi connectivity index (χ4v) is 2.70. The van der Waals surface area contributed by atoms with E-state index < -0.39 is 0 Å². The Kier molecular flexibility index (Phi) is 5.76. The van der Waals surface area contributed by atoms with Crippen molar-refractivity contribution in [3.8, 4) is 6.07 Å². The van der Waals surface area contributed by atoms with E-state index in [-0.39, 0.29) is 5.92 Å². The largest absolute Gasteiger partial charge is 0.363 e. The molecule has 5 heteroatoms. The van der Waals surface area contributed by atoms with Crippen molar-refractivity contribution in [2.45, 2.75) is 12.8 Å². The number of hydrogen-bond acceptors (Lipinski definition) is 2. The second-order valence-electron chi connectivity index (χ2n) is 4.69. The minimum atomic E-state index is -0.386. The molecule has 0 saturated heterocycles. The molecule has 3 nitrogen and oxygen atoms in total. The molecule has 112 valence electrons. The van der Waals surface area contributed by atoms with Crippen LogP contribution in [-0.4, -0.2) is 11.7 Å². The van der Waals surface area contributed by atoms with Gasteiger partial charge in [-0.25, -0.2) is 0 Å². The predicted octanol–water partition coefficient (Wildman–Crippen LogP) is 4.30. The van der Waals surface area contributed by atoms with Gasteiger partial charge in [0.15, 0.2) is 5.11 Å². The van der Waals surface area contributed by atoms with E-state index in [1.54, 1.807) is 6.07 Å². The number of nitrogens with one attached hydrogen (secondary N) is 2. The van der Waals surface area contributed by atoms with Crippen molar-refractivity contribution in [2.75, 3.05) is 11.9 Å². The molecule has 2 aromatic carbocycles. The highest BCUT2D eigenvalue weighted by Gasteiger charge is 2.16. The molecule has 0 aliphatic carbocycles. The second kappa shape index (κ2) is 7.79. The van der Waals surface area contributed by atoms with E-state index in [0.717, 1.165) is 23.4 Å². The Bertz CT molecular complexity index is 695. The summed E-state index contributed by atoms with van der Waals surface area (Å²) in [6.07, 6.45) is 0. The molecule has 0 bridgehead atoms. The number of hydrogen-bond donors (Lipinski definition) is 2.